The molecule has 2 aliphatic carbocycles. The molecule has 4 aliphatic rings. The number of carbonyl (C=O) groups excluding carboxylic acids is 2. The van der Waals surface area contributed by atoms with Crippen molar-refractivity contribution >= 4 is 33.4 Å². The monoisotopic (exact) mass is 772 g/mol. The molecule has 2 aliphatic heterocycles. The molecule has 296 valence electrons. The van der Waals surface area contributed by atoms with Gasteiger partial charge in [0.1, 0.15) is 0 Å². The molecular formula is C48H52N8O2. The van der Waals surface area contributed by atoms with E-state index in [0.717, 1.165) is 144 Å². The Kier molecular flexibility index (Phi) is 10.9. The van der Waals surface area contributed by atoms with E-state index in [2.05, 4.69) is 91.9 Å². The molecule has 10 rings (SSSR count). The number of benzene rings is 4. The van der Waals surface area contributed by atoms with E-state index in [1.54, 1.807) is 0 Å². The molecule has 10 nitrogen and oxygen atoms in total. The maximum absolute atomic E-state index is 12.5. The van der Waals surface area contributed by atoms with Crippen LogP contribution in [-0.4, -0.2) is 70.5 Å². The molecule has 0 atom stereocenters. The van der Waals surface area contributed by atoms with Crippen molar-refractivity contribution in [3.63, 3.8) is 0 Å². The molecule has 6 aromatic rings. The minimum Gasteiger partial charge on any atom is -0.349 e. The summed E-state index contributed by atoms with van der Waals surface area (Å²) in [6, 6.07) is 25.7. The van der Waals surface area contributed by atoms with Crippen molar-refractivity contribution in [3.8, 4) is 22.3 Å². The number of hydrogen-bond acceptors (Lipinski definition) is 8. The van der Waals surface area contributed by atoms with Gasteiger partial charge in [0.25, 0.3) is 11.8 Å². The largest absolute Gasteiger partial charge is 0.349 e. The molecule has 0 unspecified atom stereocenters. The van der Waals surface area contributed by atoms with Crippen LogP contribution in [0.3, 0.4) is 0 Å². The fourth-order valence-electron chi connectivity index (χ4n) is 8.49. The molecule has 58 heavy (non-hydrogen) atoms. The first-order valence-corrected chi connectivity index (χ1v) is 21.1. The summed E-state index contributed by atoms with van der Waals surface area (Å²) in [6.07, 6.45) is 12.5. The van der Waals surface area contributed by atoms with Gasteiger partial charge in [-0.25, -0.2) is 0 Å². The first-order valence-electron chi connectivity index (χ1n) is 21.1. The van der Waals surface area contributed by atoms with Gasteiger partial charge in [-0.15, -0.1) is 0 Å². The predicted octanol–water partition coefficient (Wildman–Crippen LogP) is 7.93. The second-order valence-corrected chi connectivity index (χ2v) is 16.7. The maximum atomic E-state index is 12.5. The lowest BCUT2D eigenvalue weighted by atomic mass is 9.90. The second-order valence-electron chi connectivity index (χ2n) is 16.7. The zero-order valence-corrected chi connectivity index (χ0v) is 33.5. The molecule has 0 spiro atoms. The zero-order valence-electron chi connectivity index (χ0n) is 33.5. The first-order chi connectivity index (χ1) is 28.4. The molecule has 2 aromatic heterocycles. The minimum atomic E-state index is 0.0219. The Labute approximate surface area is 340 Å². The molecule has 0 bridgehead atoms. The number of hydrogen-bond donors (Lipinski definition) is 4. The van der Waals surface area contributed by atoms with Crippen LogP contribution in [-0.2, 0) is 0 Å². The van der Waals surface area contributed by atoms with Gasteiger partial charge in [0.05, 0.1) is 23.8 Å². The second kappa shape index (κ2) is 16.7. The van der Waals surface area contributed by atoms with Gasteiger partial charge >= 0.3 is 0 Å². The summed E-state index contributed by atoms with van der Waals surface area (Å²) >= 11 is 0. The Bertz CT molecular complexity index is 2310. The Morgan fingerprint density at radius 3 is 1.34 bits per heavy atom. The quantitative estimate of drug-likeness (QED) is 0.123. The van der Waals surface area contributed by atoms with Gasteiger partial charge in [-0.2, -0.15) is 20.4 Å². The number of nitrogens with zero attached hydrogens (tertiary/aromatic N) is 4. The smallest absolute Gasteiger partial charge is 0.251 e. The van der Waals surface area contributed by atoms with E-state index in [0.29, 0.717) is 23.9 Å². The predicted molar refractivity (Wildman–Crippen MR) is 230 cm³/mol. The van der Waals surface area contributed by atoms with Crippen LogP contribution >= 0.6 is 0 Å². The molecule has 2 saturated carbocycles. The van der Waals surface area contributed by atoms with Gasteiger partial charge in [0.15, 0.2) is 0 Å². The fourth-order valence-corrected chi connectivity index (χ4v) is 8.49. The van der Waals surface area contributed by atoms with Crippen LogP contribution in [0.2, 0.25) is 0 Å². The van der Waals surface area contributed by atoms with E-state index < -0.39 is 0 Å². The number of fused-ring (bicyclic) bond motifs is 2. The van der Waals surface area contributed by atoms with Gasteiger partial charge in [-0.05, 0) is 161 Å². The topological polar surface area (TPSA) is 134 Å². The summed E-state index contributed by atoms with van der Waals surface area (Å²) in [5.41, 5.74) is 10.4. The van der Waals surface area contributed by atoms with Crippen LogP contribution in [0, 0.1) is 13.8 Å². The summed E-state index contributed by atoms with van der Waals surface area (Å²) in [4.78, 5) is 25.0. The Morgan fingerprint density at radius 2 is 0.948 bits per heavy atom. The summed E-state index contributed by atoms with van der Waals surface area (Å²) in [5, 5.41) is 35.2. The number of carbonyl (C=O) groups is 2. The van der Waals surface area contributed by atoms with E-state index in [-0.39, 0.29) is 11.8 Å². The molecule has 2 saturated heterocycles. The highest BCUT2D eigenvalue weighted by Crippen LogP contribution is 2.35. The van der Waals surface area contributed by atoms with E-state index in [9.17, 15) is 9.59 Å². The third-order valence-corrected chi connectivity index (χ3v) is 12.3. The van der Waals surface area contributed by atoms with Crippen molar-refractivity contribution in [1.82, 2.24) is 41.7 Å². The summed E-state index contributed by atoms with van der Waals surface area (Å²) in [6.45, 7) is 8.33. The van der Waals surface area contributed by atoms with Gasteiger partial charge in [0.2, 0.25) is 0 Å². The highest BCUT2D eigenvalue weighted by atomic mass is 16.2. The average Bonchev–Trinajstić information content (AvgIpc) is 4.22. The van der Waals surface area contributed by atoms with E-state index in [1.807, 2.05) is 48.8 Å². The number of aromatic nitrogens is 4. The van der Waals surface area contributed by atoms with Gasteiger partial charge in [0, 0.05) is 56.6 Å². The zero-order chi connectivity index (χ0) is 39.6. The summed E-state index contributed by atoms with van der Waals surface area (Å²) < 4.78 is 0. The van der Waals surface area contributed by atoms with E-state index in [1.165, 1.54) is 10.8 Å². The van der Waals surface area contributed by atoms with Crippen molar-refractivity contribution in [1.29, 1.82) is 0 Å². The van der Waals surface area contributed by atoms with Crippen LogP contribution in [0.1, 0.15) is 106 Å². The lowest BCUT2D eigenvalue weighted by Crippen LogP contribution is -2.27. The van der Waals surface area contributed by atoms with Gasteiger partial charge in [-0.1, -0.05) is 36.4 Å². The Morgan fingerprint density at radius 1 is 0.534 bits per heavy atom. The summed E-state index contributed by atoms with van der Waals surface area (Å²) in [5.74, 6) is 0.978. The van der Waals surface area contributed by atoms with Crippen LogP contribution < -0.4 is 21.3 Å². The Hall–Kier alpha value is -5.58. The number of amides is 2. The van der Waals surface area contributed by atoms with Crippen molar-refractivity contribution in [2.75, 3.05) is 26.2 Å². The highest BCUT2D eigenvalue weighted by molar-refractivity contribution is 5.98. The molecule has 4 fully saturated rings. The molecule has 2 amide bonds. The standard InChI is InChI=1S/2C24H26N4O/c2*1-15-2-3-18(24(29)27-20-5-6-20)13-22(15)17-4-7-21-19(12-17)14-26-28-23(21)16-8-10-25-11-9-16/h2*2-4,7,12-14,16,20,25H,5-6,8-11H2,1H3,(H,27,29). The molecule has 4 heterocycles. The van der Waals surface area contributed by atoms with E-state index in [4.69, 9.17) is 0 Å². The Balaban J connectivity index is 0.000000150. The van der Waals surface area contributed by atoms with Crippen molar-refractivity contribution < 1.29 is 9.59 Å². The summed E-state index contributed by atoms with van der Waals surface area (Å²) in [7, 11) is 0. The number of rotatable bonds is 8. The molecule has 4 N–H and O–H groups in total. The average molecular weight is 773 g/mol. The molecule has 0 radical (unpaired) electrons. The van der Waals surface area contributed by atoms with Crippen LogP contribution in [0.4, 0.5) is 0 Å². The molecule has 4 aromatic carbocycles. The third kappa shape index (κ3) is 8.49. The molecular weight excluding hydrogens is 721 g/mol. The lowest BCUT2D eigenvalue weighted by molar-refractivity contribution is 0.0942. The first kappa shape index (κ1) is 38.0. The van der Waals surface area contributed by atoms with Crippen molar-refractivity contribution in [3.05, 3.63) is 119 Å². The highest BCUT2D eigenvalue weighted by Gasteiger charge is 2.26. The number of nitrogens with one attached hydrogen (secondary N) is 4. The normalized spacial score (nSPS) is 17.4. The van der Waals surface area contributed by atoms with Crippen molar-refractivity contribution in [2.24, 2.45) is 0 Å². The third-order valence-electron chi connectivity index (χ3n) is 12.3. The van der Waals surface area contributed by atoms with Crippen LogP contribution in [0.25, 0.3) is 43.8 Å². The van der Waals surface area contributed by atoms with Gasteiger partial charge in [-0.3, -0.25) is 9.59 Å². The van der Waals surface area contributed by atoms with Crippen molar-refractivity contribution in [2.45, 2.75) is 89.1 Å². The SMILES string of the molecule is Cc1ccc(C(=O)NC2CC2)cc1-c1ccc2c(C3CCNCC3)nncc2c1.Cc1ccc(C(=O)NC2CC2)cc1-c1ccc2c(C3CCNCC3)nncc2c1. The number of piperidine rings is 2. The minimum absolute atomic E-state index is 0.0219. The van der Waals surface area contributed by atoms with Crippen LogP contribution in [0.15, 0.2) is 85.2 Å². The number of aryl methyl sites for hydroxylation is 2. The van der Waals surface area contributed by atoms with Crippen LogP contribution in [0.5, 0.6) is 0 Å². The lowest BCUT2D eigenvalue weighted by Gasteiger charge is -2.22. The molecule has 10 heteroatoms. The van der Waals surface area contributed by atoms with Gasteiger partial charge < -0.3 is 21.3 Å². The fraction of sp³-hybridized carbons (Fsp3) is 0.375. The van der Waals surface area contributed by atoms with E-state index >= 15 is 0 Å². The maximum Gasteiger partial charge on any atom is 0.251 e.